The van der Waals surface area contributed by atoms with Crippen molar-refractivity contribution in [3.63, 3.8) is 0 Å². The first-order valence-corrected chi connectivity index (χ1v) is 3.05. The largest absolute Gasteiger partial charge is 0.378 e. The second kappa shape index (κ2) is 5.53. The summed E-state index contributed by atoms with van der Waals surface area (Å²) in [5.74, 6) is 0. The fourth-order valence-corrected chi connectivity index (χ4v) is 0.653. The number of ether oxygens (including phenoxy) is 1. The van der Waals surface area contributed by atoms with Crippen molar-refractivity contribution >= 4 is 0 Å². The zero-order valence-corrected chi connectivity index (χ0v) is 5.82. The van der Waals surface area contributed by atoms with Crippen LogP contribution in [0.3, 0.4) is 0 Å². The summed E-state index contributed by atoms with van der Waals surface area (Å²) in [5.41, 5.74) is 0. The van der Waals surface area contributed by atoms with E-state index in [4.69, 9.17) is 0 Å². The van der Waals surface area contributed by atoms with Crippen LogP contribution in [0.15, 0.2) is 0 Å². The van der Waals surface area contributed by atoms with Gasteiger partial charge in [0.2, 0.25) is 0 Å². The molecule has 4 heteroatoms. The van der Waals surface area contributed by atoms with Gasteiger partial charge in [0.1, 0.15) is 6.67 Å². The molecule has 10 heavy (non-hydrogen) atoms. The van der Waals surface area contributed by atoms with Crippen molar-refractivity contribution in [3.8, 4) is 0 Å². The molecule has 0 aromatic carbocycles. The fourth-order valence-electron chi connectivity index (χ4n) is 0.653. The van der Waals surface area contributed by atoms with Crippen LogP contribution in [-0.2, 0) is 4.74 Å². The minimum Gasteiger partial charge on any atom is -0.378 e. The predicted octanol–water partition coefficient (Wildman–Crippen LogP) is 1.67. The molecule has 0 N–H and O–H groups in total. The molecule has 2 atom stereocenters. The molecule has 0 aliphatic carbocycles. The van der Waals surface area contributed by atoms with Crippen molar-refractivity contribution in [2.24, 2.45) is 0 Å². The number of hydrogen-bond acceptors (Lipinski definition) is 1. The lowest BCUT2D eigenvalue weighted by atomic mass is 10.2. The van der Waals surface area contributed by atoms with Crippen LogP contribution in [0.25, 0.3) is 0 Å². The molecule has 0 fully saturated rings. The Morgan fingerprint density at radius 1 is 1.40 bits per heavy atom. The molecule has 0 amide bonds. The van der Waals surface area contributed by atoms with Crippen molar-refractivity contribution < 1.29 is 17.9 Å². The predicted molar refractivity (Wildman–Crippen MR) is 32.3 cm³/mol. The third-order valence-corrected chi connectivity index (χ3v) is 1.25. The summed E-state index contributed by atoms with van der Waals surface area (Å²) in [5, 5.41) is 0. The molecule has 0 aliphatic rings. The SMILES string of the molecule is COC(CCF)C(F)CF. The lowest BCUT2D eigenvalue weighted by molar-refractivity contribution is 0.0126. The Kier molecular flexibility index (Phi) is 5.39. The zero-order chi connectivity index (χ0) is 7.98. The van der Waals surface area contributed by atoms with E-state index in [1.54, 1.807) is 0 Å². The van der Waals surface area contributed by atoms with Crippen LogP contribution >= 0.6 is 0 Å². The van der Waals surface area contributed by atoms with E-state index in [2.05, 4.69) is 4.74 Å². The first-order chi connectivity index (χ1) is 4.76. The highest BCUT2D eigenvalue weighted by Gasteiger charge is 2.19. The Labute approximate surface area is 58.2 Å². The molecule has 1 nitrogen and oxygen atoms in total. The van der Waals surface area contributed by atoms with Gasteiger partial charge in [-0.3, -0.25) is 4.39 Å². The third kappa shape index (κ3) is 3.06. The quantitative estimate of drug-likeness (QED) is 0.588. The van der Waals surface area contributed by atoms with E-state index in [1.165, 1.54) is 7.11 Å². The van der Waals surface area contributed by atoms with Crippen LogP contribution < -0.4 is 0 Å². The summed E-state index contributed by atoms with van der Waals surface area (Å²) in [6.07, 6.45) is -2.71. The maximum absolute atomic E-state index is 12.3. The van der Waals surface area contributed by atoms with E-state index in [0.29, 0.717) is 0 Å². The molecule has 0 radical (unpaired) electrons. The van der Waals surface area contributed by atoms with E-state index >= 15 is 0 Å². The van der Waals surface area contributed by atoms with Gasteiger partial charge in [-0.05, 0) is 0 Å². The van der Waals surface area contributed by atoms with Crippen molar-refractivity contribution in [2.45, 2.75) is 18.7 Å². The van der Waals surface area contributed by atoms with Gasteiger partial charge in [0.15, 0.2) is 6.17 Å². The highest BCUT2D eigenvalue weighted by atomic mass is 19.2. The summed E-state index contributed by atoms with van der Waals surface area (Å²) in [7, 11) is 1.24. The Morgan fingerprint density at radius 2 is 2.00 bits per heavy atom. The molecule has 0 aliphatic heterocycles. The van der Waals surface area contributed by atoms with Crippen molar-refractivity contribution in [1.29, 1.82) is 0 Å². The Morgan fingerprint density at radius 3 is 2.30 bits per heavy atom. The van der Waals surface area contributed by atoms with Gasteiger partial charge in [-0.15, -0.1) is 0 Å². The smallest absolute Gasteiger partial charge is 0.154 e. The molecular formula is C6H11F3O. The third-order valence-electron chi connectivity index (χ3n) is 1.25. The van der Waals surface area contributed by atoms with Gasteiger partial charge < -0.3 is 4.74 Å². The summed E-state index contributed by atoms with van der Waals surface area (Å²) in [6, 6.07) is 0. The lowest BCUT2D eigenvalue weighted by Gasteiger charge is -2.14. The van der Waals surface area contributed by atoms with Gasteiger partial charge in [0.05, 0.1) is 12.8 Å². The van der Waals surface area contributed by atoms with Gasteiger partial charge in [0, 0.05) is 13.5 Å². The number of rotatable bonds is 5. The van der Waals surface area contributed by atoms with Gasteiger partial charge in [-0.25, -0.2) is 8.78 Å². The molecule has 0 bridgehead atoms. The first-order valence-electron chi connectivity index (χ1n) is 3.05. The Balaban J connectivity index is 3.56. The second-order valence-electron chi connectivity index (χ2n) is 1.92. The van der Waals surface area contributed by atoms with Gasteiger partial charge in [-0.1, -0.05) is 0 Å². The van der Waals surface area contributed by atoms with Gasteiger partial charge in [-0.2, -0.15) is 0 Å². The average molecular weight is 156 g/mol. The minimum absolute atomic E-state index is 0.0818. The van der Waals surface area contributed by atoms with E-state index in [1.807, 2.05) is 0 Å². The van der Waals surface area contributed by atoms with Crippen LogP contribution in [0.2, 0.25) is 0 Å². The van der Waals surface area contributed by atoms with Gasteiger partial charge in [0.25, 0.3) is 0 Å². The van der Waals surface area contributed by atoms with Crippen LogP contribution in [0.5, 0.6) is 0 Å². The molecule has 0 spiro atoms. The summed E-state index contributed by atoms with van der Waals surface area (Å²) in [4.78, 5) is 0. The van der Waals surface area contributed by atoms with E-state index in [0.717, 1.165) is 0 Å². The molecule has 0 saturated carbocycles. The molecular weight excluding hydrogens is 145 g/mol. The topological polar surface area (TPSA) is 9.23 Å². The minimum atomic E-state index is -1.69. The highest BCUT2D eigenvalue weighted by molar-refractivity contribution is 4.67. The molecule has 0 rings (SSSR count). The number of methoxy groups -OCH3 is 1. The van der Waals surface area contributed by atoms with Crippen molar-refractivity contribution in [1.82, 2.24) is 0 Å². The Bertz CT molecular complexity index is 79.4. The molecule has 2 unspecified atom stereocenters. The molecule has 62 valence electrons. The zero-order valence-electron chi connectivity index (χ0n) is 5.82. The summed E-state index contributed by atoms with van der Waals surface area (Å²) < 4.78 is 39.9. The van der Waals surface area contributed by atoms with Crippen LogP contribution in [-0.4, -0.2) is 32.7 Å². The summed E-state index contributed by atoms with van der Waals surface area (Å²) >= 11 is 0. The van der Waals surface area contributed by atoms with E-state index in [9.17, 15) is 13.2 Å². The van der Waals surface area contributed by atoms with E-state index in [-0.39, 0.29) is 6.42 Å². The van der Waals surface area contributed by atoms with E-state index < -0.39 is 25.6 Å². The lowest BCUT2D eigenvalue weighted by Crippen LogP contribution is -2.26. The average Bonchev–Trinajstić information content (AvgIpc) is 1.99. The van der Waals surface area contributed by atoms with Crippen LogP contribution in [0.1, 0.15) is 6.42 Å². The normalized spacial score (nSPS) is 16.8. The number of alkyl halides is 3. The monoisotopic (exact) mass is 156 g/mol. The highest BCUT2D eigenvalue weighted by Crippen LogP contribution is 2.08. The fraction of sp³-hybridized carbons (Fsp3) is 1.00. The molecule has 0 aromatic rings. The molecule has 0 saturated heterocycles. The molecule has 0 heterocycles. The second-order valence-corrected chi connectivity index (χ2v) is 1.92. The summed E-state index contributed by atoms with van der Waals surface area (Å²) in [6.45, 7) is -1.79. The van der Waals surface area contributed by atoms with Crippen molar-refractivity contribution in [3.05, 3.63) is 0 Å². The molecule has 0 aromatic heterocycles. The number of hydrogen-bond donors (Lipinski definition) is 0. The first kappa shape index (κ1) is 9.75. The van der Waals surface area contributed by atoms with Crippen LogP contribution in [0.4, 0.5) is 13.2 Å². The Hall–Kier alpha value is -0.250. The number of halogens is 3. The maximum atomic E-state index is 12.3. The van der Waals surface area contributed by atoms with Crippen molar-refractivity contribution in [2.75, 3.05) is 20.5 Å². The maximum Gasteiger partial charge on any atom is 0.154 e. The van der Waals surface area contributed by atoms with Crippen LogP contribution in [0, 0.1) is 0 Å². The standard InChI is InChI=1S/C6H11F3O/c1-10-6(2-3-7)5(9)4-8/h5-6H,2-4H2,1H3. The van der Waals surface area contributed by atoms with Gasteiger partial charge >= 0.3 is 0 Å².